The van der Waals surface area contributed by atoms with Crippen molar-refractivity contribution in [3.05, 3.63) is 208 Å². The van der Waals surface area contributed by atoms with E-state index in [0.29, 0.717) is 50.2 Å². The van der Waals surface area contributed by atoms with Crippen molar-refractivity contribution in [2.45, 2.75) is 25.7 Å². The maximum atomic E-state index is 10.8. The van der Waals surface area contributed by atoms with E-state index < -0.39 is 26.7 Å². The number of para-hydroxylation sites is 3. The number of nitrogens with one attached hydrogen (secondary N) is 2. The van der Waals surface area contributed by atoms with Crippen molar-refractivity contribution in [3.63, 3.8) is 0 Å². The first-order valence-electron chi connectivity index (χ1n) is 19.9. The number of hydrogen-bond donors (Lipinski definition) is 4. The van der Waals surface area contributed by atoms with Crippen LogP contribution in [-0.4, -0.2) is 115 Å². The van der Waals surface area contributed by atoms with Crippen molar-refractivity contribution in [1.82, 2.24) is 10.6 Å². The predicted octanol–water partition coefficient (Wildman–Crippen LogP) is 8.29. The number of ether oxygens (including phenoxy) is 2. The predicted molar refractivity (Wildman–Crippen MR) is 267 cm³/mol. The summed E-state index contributed by atoms with van der Waals surface area (Å²) in [5, 5.41) is 61.1. The molecule has 7 rings (SSSR count). The van der Waals surface area contributed by atoms with Crippen molar-refractivity contribution < 1.29 is 152 Å². The van der Waals surface area contributed by atoms with Crippen LogP contribution in [0.5, 0.6) is 0 Å². The van der Waals surface area contributed by atoms with Crippen molar-refractivity contribution >= 4 is 40.9 Å². The molecule has 0 aliphatic carbocycles. The molecule has 0 saturated heterocycles. The molecule has 0 amide bonds. The van der Waals surface area contributed by atoms with Crippen LogP contribution >= 0.6 is 0 Å². The van der Waals surface area contributed by atoms with Crippen molar-refractivity contribution in [3.8, 4) is 0 Å². The van der Waals surface area contributed by atoms with Crippen LogP contribution in [0.15, 0.2) is 138 Å². The summed E-state index contributed by atoms with van der Waals surface area (Å²) in [6.45, 7) is 5.79. The number of non-ortho nitro benzene ring substituents is 3. The fourth-order valence-electron chi connectivity index (χ4n) is 5.05. The largest absolute Gasteiger partial charge is 0.659 e. The normalized spacial score (nSPS) is 13.0. The van der Waals surface area contributed by atoms with Gasteiger partial charge in [-0.3, -0.25) is 30.3 Å². The summed E-state index contributed by atoms with van der Waals surface area (Å²) in [4.78, 5) is 71.0. The van der Waals surface area contributed by atoms with Gasteiger partial charge in [-0.25, -0.2) is 19.2 Å². The average molecular weight is 1230 g/mol. The zero-order chi connectivity index (χ0) is 48.2. The number of carbonyl (C=O) groups excluding carboxylic acids is 2. The van der Waals surface area contributed by atoms with Gasteiger partial charge in [0.15, 0.2) is 0 Å². The minimum absolute atomic E-state index is 0. The average Bonchev–Trinajstić information content (AvgIpc) is 3.36. The monoisotopic (exact) mass is 1230 g/mol. The number of nitrogens with zero attached hydrogens (tertiary/aromatic N) is 5. The van der Waals surface area contributed by atoms with E-state index in [4.69, 9.17) is 10.2 Å². The van der Waals surface area contributed by atoms with Crippen molar-refractivity contribution in [1.29, 1.82) is 0 Å². The molecule has 3 aromatic rings. The van der Waals surface area contributed by atoms with Crippen LogP contribution in [0.25, 0.3) is 10.6 Å². The third-order valence-electron chi connectivity index (χ3n) is 8.49. The van der Waals surface area contributed by atoms with E-state index in [-0.39, 0.29) is 157 Å². The van der Waals surface area contributed by atoms with E-state index >= 15 is 0 Å². The zero-order valence-corrected chi connectivity index (χ0v) is 50.2. The fraction of sp³-hybridized carbons (Fsp3) is 0.292. The summed E-state index contributed by atoms with van der Waals surface area (Å²) in [5.74, 6) is -1.99. The van der Waals surface area contributed by atoms with Crippen LogP contribution in [0.4, 0.5) is 17.1 Å². The number of hydrogen-bond acceptors (Lipinski definition) is 14. The molecular weight excluding hydrogens is 1170 g/mol. The SMILES string of the molecule is COC(=O)C1=CCNCC1.COC(=O)C1=CC[N-]CC1.O=C(O)C1=CCNCC1.O=C(O)C1=CC[N-]CC1.O=[N+]([O-])c1ccccc1.O=[N+]([O-])c1ccccc1.O=[N+]([O-])c1ccccc1.[CH3-].[CH3-].[CH3-].[CH3-].[Y].[Y].[Y]. The van der Waals surface area contributed by atoms with Crippen LogP contribution in [0.1, 0.15) is 25.7 Å². The Labute approximate surface area is 499 Å². The third-order valence-corrected chi connectivity index (χ3v) is 8.49. The molecule has 4 N–H and O–H groups in total. The van der Waals surface area contributed by atoms with Crippen LogP contribution < -0.4 is 10.6 Å². The molecule has 4 aliphatic rings. The fourth-order valence-corrected chi connectivity index (χ4v) is 5.05. The molecule has 4 heterocycles. The van der Waals surface area contributed by atoms with E-state index in [9.17, 15) is 49.5 Å². The quantitative estimate of drug-likeness (QED) is 0.0748. The summed E-state index contributed by atoms with van der Waals surface area (Å²) in [6, 6.07) is 23.8. The Morgan fingerprint density at radius 3 is 0.958 bits per heavy atom. The number of rotatable bonds is 7. The first kappa shape index (κ1) is 81.9. The Bertz CT molecular complexity index is 1910. The van der Waals surface area contributed by atoms with Gasteiger partial charge in [0.05, 0.1) is 29.0 Å². The Morgan fingerprint density at radius 1 is 0.486 bits per heavy atom. The van der Waals surface area contributed by atoms with Gasteiger partial charge in [-0.2, -0.15) is 0 Å². The number of methoxy groups -OCH3 is 2. The maximum absolute atomic E-state index is 10.8. The first-order valence-corrected chi connectivity index (χ1v) is 19.9. The number of nitro groups is 3. The van der Waals surface area contributed by atoms with Gasteiger partial charge in [0.2, 0.25) is 0 Å². The summed E-state index contributed by atoms with van der Waals surface area (Å²) >= 11 is 0. The number of esters is 2. The van der Waals surface area contributed by atoms with Crippen molar-refractivity contribution in [2.24, 2.45) is 0 Å². The van der Waals surface area contributed by atoms with Gasteiger partial charge in [-0.05, 0) is 38.8 Å². The van der Waals surface area contributed by atoms with Gasteiger partial charge in [-0.15, -0.1) is 26.2 Å². The second kappa shape index (κ2) is 51.7. The van der Waals surface area contributed by atoms with Gasteiger partial charge in [0, 0.05) is 170 Å². The Kier molecular flexibility index (Phi) is 58.9. The van der Waals surface area contributed by atoms with E-state index in [1.807, 2.05) is 12.2 Å². The molecule has 21 nitrogen and oxygen atoms in total. The summed E-state index contributed by atoms with van der Waals surface area (Å²) in [6.07, 6.45) is 9.81. The minimum atomic E-state index is -0.801. The third kappa shape index (κ3) is 39.4. The van der Waals surface area contributed by atoms with E-state index in [2.05, 4.69) is 30.7 Å². The molecule has 0 fully saturated rings. The molecule has 0 saturated carbocycles. The molecule has 0 atom stereocenters. The molecule has 0 unspecified atom stereocenters. The smallest absolute Gasteiger partial charge is 0.333 e. The minimum Gasteiger partial charge on any atom is -0.659 e. The van der Waals surface area contributed by atoms with Crippen LogP contribution in [0.3, 0.4) is 0 Å². The Balaban J connectivity index is -0.000000135. The molecule has 0 aromatic heterocycles. The molecule has 391 valence electrons. The molecular formula is C48H65N7O14Y3-6. The van der Waals surface area contributed by atoms with Gasteiger partial charge < -0.3 is 70.7 Å². The standard InChI is InChI=1S/C7H11NO2.C7H10NO2.C6H9NO2.C6H8NO2.3C6H5NO2.4CH3.3Y/c2*1-10-7(9)6-2-4-8-5-3-6;2*8-6(9)5-1-3-7-4-2-5;3*8-7(9)6-4-2-1-3-5-6;;;;;;;/h2,8H,3-5H2,1H3;2H,3-5H2,1H3;1,7H,2-4H2,(H,8,9);1H,2-4H2,(H,8,9);3*1-5H;4*1H3;;;/q;-1;;-1;;;;4*-1;;;. The van der Waals surface area contributed by atoms with E-state index in [1.54, 1.807) is 66.7 Å². The number of benzene rings is 3. The van der Waals surface area contributed by atoms with E-state index in [1.165, 1.54) is 50.6 Å². The molecule has 72 heavy (non-hydrogen) atoms. The topological polar surface area (TPSA) is 309 Å². The Hall–Kier alpha value is -4.15. The summed E-state index contributed by atoms with van der Waals surface area (Å²) in [7, 11) is 2.81. The molecule has 0 spiro atoms. The molecule has 3 radical (unpaired) electrons. The number of aliphatic carboxylic acids is 2. The zero-order valence-electron chi connectivity index (χ0n) is 41.7. The van der Waals surface area contributed by atoms with Crippen molar-refractivity contribution in [2.75, 3.05) is 66.6 Å². The van der Waals surface area contributed by atoms with Crippen LogP contribution in [-0.2, 0) is 127 Å². The van der Waals surface area contributed by atoms with Gasteiger partial charge in [0.25, 0.3) is 17.1 Å². The molecule has 24 heteroatoms. The number of carboxylic acids is 2. The van der Waals surface area contributed by atoms with E-state index in [0.717, 1.165) is 50.2 Å². The van der Waals surface area contributed by atoms with Crippen LogP contribution in [0.2, 0.25) is 0 Å². The Morgan fingerprint density at radius 2 is 0.764 bits per heavy atom. The summed E-state index contributed by atoms with van der Waals surface area (Å²) < 4.78 is 9.10. The maximum Gasteiger partial charge on any atom is 0.333 e. The number of carboxylic acid groups (broad SMARTS) is 2. The van der Waals surface area contributed by atoms with Crippen LogP contribution in [0, 0.1) is 60.0 Å². The molecule has 3 aromatic carbocycles. The molecule has 4 aliphatic heterocycles. The number of carbonyl (C=O) groups is 4. The second-order valence-corrected chi connectivity index (χ2v) is 13.0. The first-order chi connectivity index (χ1) is 31.2. The van der Waals surface area contributed by atoms with Gasteiger partial charge >= 0.3 is 23.9 Å². The van der Waals surface area contributed by atoms with Gasteiger partial charge in [0.1, 0.15) is 0 Å². The summed E-state index contributed by atoms with van der Waals surface area (Å²) in [5.41, 5.74) is 3.00. The number of nitro benzene ring substituents is 3. The molecule has 0 bridgehead atoms. The second-order valence-electron chi connectivity index (χ2n) is 13.0. The van der Waals surface area contributed by atoms with Gasteiger partial charge in [-0.1, -0.05) is 78.9 Å².